The Morgan fingerprint density at radius 1 is 1.12 bits per heavy atom. The standard InChI is InChI=1S/C15H14F4N6O/c1-6-12(7(2)24(3)22-6)21-15(26)9-5-11-20-8(13(16)17)4-10(14(18)19)25(11)23-9/h4-5,13-14H,1-3H3,(H,21,26). The fourth-order valence-corrected chi connectivity index (χ4v) is 2.53. The van der Waals surface area contributed by atoms with Crippen LogP contribution in [-0.2, 0) is 7.05 Å². The molecule has 0 aliphatic rings. The van der Waals surface area contributed by atoms with E-state index in [2.05, 4.69) is 20.5 Å². The lowest BCUT2D eigenvalue weighted by Crippen LogP contribution is -2.14. The van der Waals surface area contributed by atoms with Gasteiger partial charge in [-0.3, -0.25) is 9.48 Å². The second kappa shape index (κ2) is 6.39. The molecule has 0 aromatic carbocycles. The molecule has 11 heteroatoms. The van der Waals surface area contributed by atoms with Crippen molar-refractivity contribution in [1.29, 1.82) is 0 Å². The summed E-state index contributed by atoms with van der Waals surface area (Å²) in [5, 5.41) is 10.5. The first-order valence-electron chi connectivity index (χ1n) is 7.47. The molecule has 1 amide bonds. The normalized spacial score (nSPS) is 11.7. The zero-order valence-electron chi connectivity index (χ0n) is 14.0. The summed E-state index contributed by atoms with van der Waals surface area (Å²) >= 11 is 0. The molecule has 0 spiro atoms. The van der Waals surface area contributed by atoms with Crippen LogP contribution in [0.1, 0.15) is 46.1 Å². The predicted molar refractivity (Wildman–Crippen MR) is 83.5 cm³/mol. The number of carbonyl (C=O) groups is 1. The molecule has 1 N–H and O–H groups in total. The van der Waals surface area contributed by atoms with E-state index in [0.29, 0.717) is 27.7 Å². The minimum absolute atomic E-state index is 0.228. The molecule has 0 aliphatic carbocycles. The van der Waals surface area contributed by atoms with Crippen molar-refractivity contribution in [2.45, 2.75) is 26.7 Å². The average Bonchev–Trinajstić information content (AvgIpc) is 3.10. The topological polar surface area (TPSA) is 77.1 Å². The summed E-state index contributed by atoms with van der Waals surface area (Å²) in [5.41, 5.74) is -0.350. The number of amides is 1. The molecule has 3 heterocycles. The molecule has 0 saturated carbocycles. The molecular weight excluding hydrogens is 356 g/mol. The molecule has 7 nitrogen and oxygen atoms in total. The van der Waals surface area contributed by atoms with Crippen molar-refractivity contribution in [2.75, 3.05) is 5.32 Å². The van der Waals surface area contributed by atoms with Crippen molar-refractivity contribution in [3.05, 3.63) is 40.6 Å². The largest absolute Gasteiger partial charge is 0.317 e. The lowest BCUT2D eigenvalue weighted by atomic mass is 10.3. The van der Waals surface area contributed by atoms with Crippen molar-refractivity contribution in [1.82, 2.24) is 24.4 Å². The van der Waals surface area contributed by atoms with Crippen molar-refractivity contribution >= 4 is 17.2 Å². The van der Waals surface area contributed by atoms with Crippen molar-refractivity contribution in [3.63, 3.8) is 0 Å². The van der Waals surface area contributed by atoms with Crippen LogP contribution in [0, 0.1) is 13.8 Å². The number of aryl methyl sites for hydroxylation is 2. The molecule has 0 radical (unpaired) electrons. The zero-order valence-corrected chi connectivity index (χ0v) is 14.0. The number of fused-ring (bicyclic) bond motifs is 1. The van der Waals surface area contributed by atoms with E-state index >= 15 is 0 Å². The Bertz CT molecular complexity index is 994. The summed E-state index contributed by atoms with van der Waals surface area (Å²) in [6.45, 7) is 3.43. The number of nitrogens with one attached hydrogen (secondary N) is 1. The monoisotopic (exact) mass is 370 g/mol. The second-order valence-electron chi connectivity index (χ2n) is 5.63. The molecule has 26 heavy (non-hydrogen) atoms. The van der Waals surface area contributed by atoms with Gasteiger partial charge in [-0.2, -0.15) is 10.2 Å². The third kappa shape index (κ3) is 3.00. The molecule has 0 atom stereocenters. The second-order valence-corrected chi connectivity index (χ2v) is 5.63. The third-order valence-corrected chi connectivity index (χ3v) is 3.90. The summed E-state index contributed by atoms with van der Waals surface area (Å²) < 4.78 is 54.3. The SMILES string of the molecule is Cc1nn(C)c(C)c1NC(=O)c1cc2nc(C(F)F)cc(C(F)F)n2n1. The average molecular weight is 370 g/mol. The molecular formula is C15H14F4N6O. The number of nitrogens with zero attached hydrogens (tertiary/aromatic N) is 5. The minimum atomic E-state index is -3.06. The lowest BCUT2D eigenvalue weighted by molar-refractivity contribution is 0.102. The van der Waals surface area contributed by atoms with Gasteiger partial charge >= 0.3 is 0 Å². The van der Waals surface area contributed by atoms with Gasteiger partial charge in [0.05, 0.1) is 17.1 Å². The van der Waals surface area contributed by atoms with Crippen LogP contribution in [0.5, 0.6) is 0 Å². The van der Waals surface area contributed by atoms with Gasteiger partial charge in [0.25, 0.3) is 18.8 Å². The quantitative estimate of drug-likeness (QED) is 0.716. The van der Waals surface area contributed by atoms with Crippen molar-refractivity contribution in [3.8, 4) is 0 Å². The van der Waals surface area contributed by atoms with Crippen LogP contribution in [0.3, 0.4) is 0 Å². The van der Waals surface area contributed by atoms with Crippen LogP contribution in [-0.4, -0.2) is 30.3 Å². The van der Waals surface area contributed by atoms with Crippen LogP contribution >= 0.6 is 0 Å². The zero-order chi connectivity index (χ0) is 19.2. The van der Waals surface area contributed by atoms with Gasteiger partial charge in [-0.05, 0) is 19.9 Å². The summed E-state index contributed by atoms with van der Waals surface area (Å²) in [5.74, 6) is -0.687. The molecule has 0 saturated heterocycles. The molecule has 3 rings (SSSR count). The van der Waals surface area contributed by atoms with Gasteiger partial charge in [0.2, 0.25) is 0 Å². The van der Waals surface area contributed by atoms with Gasteiger partial charge in [-0.1, -0.05) is 0 Å². The number of carbonyl (C=O) groups excluding carboxylic acids is 1. The lowest BCUT2D eigenvalue weighted by Gasteiger charge is -2.06. The number of halogens is 4. The highest BCUT2D eigenvalue weighted by Gasteiger charge is 2.23. The Kier molecular flexibility index (Phi) is 4.38. The van der Waals surface area contributed by atoms with Crippen LogP contribution in [0.4, 0.5) is 23.2 Å². The maximum absolute atomic E-state index is 13.2. The van der Waals surface area contributed by atoms with Crippen molar-refractivity contribution in [2.24, 2.45) is 7.05 Å². The number of alkyl halides is 4. The number of hydrogen-bond acceptors (Lipinski definition) is 4. The fraction of sp³-hybridized carbons (Fsp3) is 0.333. The molecule has 0 aliphatic heterocycles. The van der Waals surface area contributed by atoms with Crippen LogP contribution in [0.2, 0.25) is 0 Å². The predicted octanol–water partition coefficient (Wildman–Crippen LogP) is 3.21. The van der Waals surface area contributed by atoms with E-state index in [0.717, 1.165) is 6.07 Å². The Labute approximate surface area is 144 Å². The molecule has 0 fully saturated rings. The summed E-state index contributed by atoms with van der Waals surface area (Å²) in [6.07, 6.45) is -6.08. The van der Waals surface area contributed by atoms with Crippen LogP contribution in [0.25, 0.3) is 5.65 Å². The highest BCUT2D eigenvalue weighted by Crippen LogP contribution is 2.26. The van der Waals surface area contributed by atoms with E-state index in [1.807, 2.05) is 0 Å². The summed E-state index contributed by atoms with van der Waals surface area (Å²) in [7, 11) is 1.70. The summed E-state index contributed by atoms with van der Waals surface area (Å²) in [4.78, 5) is 16.0. The van der Waals surface area contributed by atoms with Gasteiger partial charge < -0.3 is 5.32 Å². The molecule has 0 unspecified atom stereocenters. The molecule has 3 aromatic heterocycles. The number of rotatable bonds is 4. The molecule has 138 valence electrons. The van der Waals surface area contributed by atoms with Gasteiger partial charge in [-0.25, -0.2) is 27.1 Å². The smallest absolute Gasteiger partial charge is 0.280 e. The van der Waals surface area contributed by atoms with Crippen molar-refractivity contribution < 1.29 is 22.4 Å². The highest BCUT2D eigenvalue weighted by atomic mass is 19.3. The van der Waals surface area contributed by atoms with E-state index in [4.69, 9.17) is 0 Å². The maximum Gasteiger partial charge on any atom is 0.280 e. The Morgan fingerprint density at radius 3 is 2.35 bits per heavy atom. The van der Waals surface area contributed by atoms with Gasteiger partial charge in [0.15, 0.2) is 11.3 Å². The van der Waals surface area contributed by atoms with E-state index < -0.39 is 30.1 Å². The number of anilines is 1. The van der Waals surface area contributed by atoms with E-state index in [1.165, 1.54) is 0 Å². The highest BCUT2D eigenvalue weighted by molar-refractivity contribution is 6.04. The fourth-order valence-electron chi connectivity index (χ4n) is 2.53. The number of aromatic nitrogens is 5. The van der Waals surface area contributed by atoms with Gasteiger partial charge in [-0.15, -0.1) is 0 Å². The van der Waals surface area contributed by atoms with E-state index in [1.54, 1.807) is 25.6 Å². The minimum Gasteiger partial charge on any atom is -0.317 e. The van der Waals surface area contributed by atoms with Crippen LogP contribution in [0.15, 0.2) is 12.1 Å². The molecule has 0 bridgehead atoms. The maximum atomic E-state index is 13.2. The Balaban J connectivity index is 2.03. The number of hydrogen-bond donors (Lipinski definition) is 1. The summed E-state index contributed by atoms with van der Waals surface area (Å²) in [6, 6.07) is 1.65. The van der Waals surface area contributed by atoms with Gasteiger partial charge in [0, 0.05) is 13.1 Å². The first-order chi connectivity index (χ1) is 12.2. The third-order valence-electron chi connectivity index (χ3n) is 3.90. The molecule has 3 aromatic rings. The first-order valence-corrected chi connectivity index (χ1v) is 7.47. The Morgan fingerprint density at radius 2 is 1.81 bits per heavy atom. The van der Waals surface area contributed by atoms with Crippen LogP contribution < -0.4 is 5.32 Å². The van der Waals surface area contributed by atoms with E-state index in [-0.39, 0.29) is 11.3 Å². The first kappa shape index (κ1) is 17.8. The van der Waals surface area contributed by atoms with E-state index in [9.17, 15) is 22.4 Å². The van der Waals surface area contributed by atoms with Gasteiger partial charge in [0.1, 0.15) is 11.4 Å². The Hall–Kier alpha value is -2.98.